The summed E-state index contributed by atoms with van der Waals surface area (Å²) in [6, 6.07) is 13.5. The number of para-hydroxylation sites is 2. The Balaban J connectivity index is 1.46. The molecule has 30 heavy (non-hydrogen) atoms. The van der Waals surface area contributed by atoms with Gasteiger partial charge >= 0.3 is 0 Å². The smallest absolute Gasteiger partial charge is 0.292 e. The van der Waals surface area contributed by atoms with E-state index in [0.29, 0.717) is 49.5 Å². The lowest BCUT2D eigenvalue weighted by Gasteiger charge is -2.31. The summed E-state index contributed by atoms with van der Waals surface area (Å²) in [6.07, 6.45) is 1.51. The van der Waals surface area contributed by atoms with Crippen LogP contribution in [0.25, 0.3) is 0 Å². The fourth-order valence-corrected chi connectivity index (χ4v) is 3.63. The number of ketones is 1. The highest BCUT2D eigenvalue weighted by Crippen LogP contribution is 2.25. The molecule has 2 aromatic carbocycles. The Morgan fingerprint density at radius 2 is 1.80 bits per heavy atom. The lowest BCUT2D eigenvalue weighted by molar-refractivity contribution is -0.384. The van der Waals surface area contributed by atoms with Gasteiger partial charge in [0.05, 0.1) is 12.0 Å². The Bertz CT molecular complexity index is 905. The van der Waals surface area contributed by atoms with Crippen molar-refractivity contribution in [3.05, 3.63) is 64.2 Å². The number of ether oxygens (including phenoxy) is 1. The molecule has 0 atom stereocenters. The van der Waals surface area contributed by atoms with E-state index < -0.39 is 4.92 Å². The second kappa shape index (κ2) is 9.87. The van der Waals surface area contributed by atoms with E-state index in [4.69, 9.17) is 4.74 Å². The molecule has 0 radical (unpaired) electrons. The number of piperidine rings is 1. The maximum absolute atomic E-state index is 12.7. The molecular formula is C22H25N3O5. The van der Waals surface area contributed by atoms with Crippen molar-refractivity contribution >= 4 is 23.1 Å². The molecule has 1 heterocycles. The van der Waals surface area contributed by atoms with Crippen LogP contribution in [0.1, 0.15) is 29.6 Å². The third-order valence-corrected chi connectivity index (χ3v) is 5.35. The molecule has 0 aromatic heterocycles. The molecule has 0 spiro atoms. The predicted molar refractivity (Wildman–Crippen MR) is 113 cm³/mol. The van der Waals surface area contributed by atoms with E-state index in [1.165, 1.54) is 6.07 Å². The summed E-state index contributed by atoms with van der Waals surface area (Å²) < 4.78 is 5.12. The summed E-state index contributed by atoms with van der Waals surface area (Å²) in [7, 11) is 1.58. The minimum Gasteiger partial charge on any atom is -0.497 e. The summed E-state index contributed by atoms with van der Waals surface area (Å²) >= 11 is 0. The van der Waals surface area contributed by atoms with Gasteiger partial charge in [-0.1, -0.05) is 12.1 Å². The second-order valence-electron chi connectivity index (χ2n) is 7.20. The number of nitro groups is 1. The van der Waals surface area contributed by atoms with Crippen LogP contribution in [0.3, 0.4) is 0 Å². The second-order valence-corrected chi connectivity index (χ2v) is 7.20. The van der Waals surface area contributed by atoms with Gasteiger partial charge in [-0.3, -0.25) is 19.7 Å². The predicted octanol–water partition coefficient (Wildman–Crippen LogP) is 3.53. The van der Waals surface area contributed by atoms with Gasteiger partial charge in [-0.25, -0.2) is 0 Å². The topological polar surface area (TPSA) is 102 Å². The van der Waals surface area contributed by atoms with Gasteiger partial charge < -0.3 is 15.0 Å². The van der Waals surface area contributed by atoms with Gasteiger partial charge in [-0.2, -0.15) is 0 Å². The Kier molecular flexibility index (Phi) is 7.00. The van der Waals surface area contributed by atoms with E-state index in [-0.39, 0.29) is 29.7 Å². The molecule has 1 fully saturated rings. The number of carbonyl (C=O) groups excluding carboxylic acids is 2. The molecule has 0 aliphatic carbocycles. The van der Waals surface area contributed by atoms with Crippen molar-refractivity contribution in [1.29, 1.82) is 0 Å². The van der Waals surface area contributed by atoms with Crippen molar-refractivity contribution < 1.29 is 19.2 Å². The van der Waals surface area contributed by atoms with Crippen LogP contribution < -0.4 is 10.1 Å². The highest BCUT2D eigenvalue weighted by Gasteiger charge is 2.27. The first kappa shape index (κ1) is 21.3. The van der Waals surface area contributed by atoms with Crippen molar-refractivity contribution in [2.24, 2.45) is 5.92 Å². The molecule has 2 aromatic rings. The van der Waals surface area contributed by atoms with Gasteiger partial charge in [0, 0.05) is 43.6 Å². The highest BCUT2D eigenvalue weighted by atomic mass is 16.6. The number of rotatable bonds is 8. The van der Waals surface area contributed by atoms with Crippen LogP contribution in [0, 0.1) is 16.0 Å². The lowest BCUT2D eigenvalue weighted by atomic mass is 9.89. The normalized spacial score (nSPS) is 14.2. The van der Waals surface area contributed by atoms with Crippen LogP contribution >= 0.6 is 0 Å². The fraction of sp³-hybridized carbons (Fsp3) is 0.364. The number of nitro benzene ring substituents is 1. The number of nitrogens with zero attached hydrogens (tertiary/aromatic N) is 2. The molecule has 3 rings (SSSR count). The number of likely N-dealkylation sites (tertiary alicyclic amines) is 1. The molecule has 0 saturated carbocycles. The summed E-state index contributed by atoms with van der Waals surface area (Å²) in [5.41, 5.74) is 1.05. The molecule has 1 aliphatic heterocycles. The molecule has 1 N–H and O–H groups in total. The number of nitrogens with one attached hydrogen (secondary N) is 1. The number of anilines is 1. The molecule has 1 aliphatic rings. The minimum atomic E-state index is -0.450. The van der Waals surface area contributed by atoms with Crippen LogP contribution in [0.5, 0.6) is 5.75 Å². The van der Waals surface area contributed by atoms with Crippen molar-refractivity contribution in [3.8, 4) is 5.75 Å². The van der Waals surface area contributed by atoms with Gasteiger partial charge in [0.2, 0.25) is 5.91 Å². The number of benzene rings is 2. The summed E-state index contributed by atoms with van der Waals surface area (Å²) in [5.74, 6) is 0.702. The Morgan fingerprint density at radius 3 is 2.43 bits per heavy atom. The average Bonchev–Trinajstić information content (AvgIpc) is 2.79. The quantitative estimate of drug-likeness (QED) is 0.405. The Hall–Kier alpha value is -3.42. The molecule has 158 valence electrons. The minimum absolute atomic E-state index is 0.0113. The number of Topliss-reactive ketones (excluding diaryl/α,β-unsaturated/α-hetero) is 1. The molecule has 0 bridgehead atoms. The van der Waals surface area contributed by atoms with E-state index >= 15 is 0 Å². The third-order valence-electron chi connectivity index (χ3n) is 5.35. The van der Waals surface area contributed by atoms with Gasteiger partial charge in [0.25, 0.3) is 5.69 Å². The standard InChI is InChI=1S/C22H25N3O5/c1-30-18-8-6-16(7-9-18)22(27)17-11-14-24(15-12-17)21(26)10-13-23-19-4-2-3-5-20(19)25(28)29/h2-9,17,23H,10-15H2,1H3. The van der Waals surface area contributed by atoms with Gasteiger partial charge in [0.1, 0.15) is 11.4 Å². The molecule has 1 amide bonds. The maximum atomic E-state index is 12.7. The van der Waals surface area contributed by atoms with Crippen molar-refractivity contribution in [2.45, 2.75) is 19.3 Å². The van der Waals surface area contributed by atoms with Crippen LogP contribution in [-0.4, -0.2) is 48.3 Å². The van der Waals surface area contributed by atoms with E-state index in [1.807, 2.05) is 0 Å². The monoisotopic (exact) mass is 411 g/mol. The zero-order valence-corrected chi connectivity index (χ0v) is 16.9. The molecular weight excluding hydrogens is 386 g/mol. The van der Waals surface area contributed by atoms with Crippen LogP contribution in [0.2, 0.25) is 0 Å². The van der Waals surface area contributed by atoms with Gasteiger partial charge in [-0.05, 0) is 43.2 Å². The largest absolute Gasteiger partial charge is 0.497 e. The first-order valence-electron chi connectivity index (χ1n) is 9.93. The zero-order valence-electron chi connectivity index (χ0n) is 16.9. The zero-order chi connectivity index (χ0) is 21.5. The van der Waals surface area contributed by atoms with E-state index in [1.54, 1.807) is 54.5 Å². The first-order valence-corrected chi connectivity index (χ1v) is 9.93. The summed E-state index contributed by atoms with van der Waals surface area (Å²) in [4.78, 5) is 37.5. The highest BCUT2D eigenvalue weighted by molar-refractivity contribution is 5.98. The van der Waals surface area contributed by atoms with Gasteiger partial charge in [0.15, 0.2) is 5.78 Å². The van der Waals surface area contributed by atoms with Crippen molar-refractivity contribution in [1.82, 2.24) is 4.90 Å². The van der Waals surface area contributed by atoms with Crippen molar-refractivity contribution in [2.75, 3.05) is 32.1 Å². The van der Waals surface area contributed by atoms with Gasteiger partial charge in [-0.15, -0.1) is 0 Å². The van der Waals surface area contributed by atoms with Crippen LogP contribution in [-0.2, 0) is 4.79 Å². The summed E-state index contributed by atoms with van der Waals surface area (Å²) in [6.45, 7) is 1.39. The number of amides is 1. The maximum Gasteiger partial charge on any atom is 0.292 e. The van der Waals surface area contributed by atoms with Crippen molar-refractivity contribution in [3.63, 3.8) is 0 Å². The van der Waals surface area contributed by atoms with E-state index in [9.17, 15) is 19.7 Å². The fourth-order valence-electron chi connectivity index (χ4n) is 3.63. The molecule has 8 nitrogen and oxygen atoms in total. The third kappa shape index (κ3) is 5.14. The number of carbonyl (C=O) groups is 2. The Labute approximate surface area is 175 Å². The Morgan fingerprint density at radius 1 is 1.13 bits per heavy atom. The molecule has 8 heteroatoms. The van der Waals surface area contributed by atoms with E-state index in [0.717, 1.165) is 0 Å². The van der Waals surface area contributed by atoms with Crippen LogP contribution in [0.4, 0.5) is 11.4 Å². The van der Waals surface area contributed by atoms with E-state index in [2.05, 4.69) is 5.32 Å². The number of methoxy groups -OCH3 is 1. The summed E-state index contributed by atoms with van der Waals surface area (Å²) in [5, 5.41) is 14.0. The number of hydrogen-bond acceptors (Lipinski definition) is 6. The lowest BCUT2D eigenvalue weighted by Crippen LogP contribution is -2.40. The molecule has 0 unspecified atom stereocenters. The van der Waals surface area contributed by atoms with Crippen LogP contribution in [0.15, 0.2) is 48.5 Å². The molecule has 1 saturated heterocycles. The SMILES string of the molecule is COc1ccc(C(=O)C2CCN(C(=O)CCNc3ccccc3[N+](=O)[O-])CC2)cc1. The first-order chi connectivity index (χ1) is 14.5. The number of hydrogen-bond donors (Lipinski definition) is 1. The average molecular weight is 411 g/mol.